The standard InChI is InChI=1S/C14H20BF2NO2/c1-2-3-7-18-8-10-19-15(18,20-11-9-18)12-5-4-6-13(16)14(12)17/h4-6H,2-3,7-11H2,1H3. The van der Waals surface area contributed by atoms with E-state index in [2.05, 4.69) is 6.92 Å². The molecule has 0 N–H and O–H groups in total. The number of halogens is 2. The van der Waals surface area contributed by atoms with Gasteiger partial charge in [-0.25, -0.2) is 8.78 Å². The summed E-state index contributed by atoms with van der Waals surface area (Å²) >= 11 is 0. The third-order valence-corrected chi connectivity index (χ3v) is 4.81. The van der Waals surface area contributed by atoms with Gasteiger partial charge in [0.25, 0.3) is 0 Å². The Morgan fingerprint density at radius 1 is 1.20 bits per heavy atom. The molecule has 0 bridgehead atoms. The van der Waals surface area contributed by atoms with Crippen molar-refractivity contribution < 1.29 is 22.5 Å². The summed E-state index contributed by atoms with van der Waals surface area (Å²) in [6.07, 6.45) is 2.10. The number of hydrogen-bond acceptors (Lipinski definition) is 2. The monoisotopic (exact) mass is 283 g/mol. The zero-order chi connectivity index (χ0) is 14.2. The number of nitrogens with zero attached hydrogens (tertiary/aromatic N) is 1. The molecule has 2 aliphatic heterocycles. The highest BCUT2D eigenvalue weighted by Crippen LogP contribution is 2.35. The van der Waals surface area contributed by atoms with Gasteiger partial charge in [-0.2, -0.15) is 0 Å². The van der Waals surface area contributed by atoms with E-state index in [0.717, 1.165) is 38.5 Å². The van der Waals surface area contributed by atoms with Crippen LogP contribution < -0.4 is 5.46 Å². The molecule has 1 aromatic carbocycles. The third kappa shape index (κ3) is 1.82. The Morgan fingerprint density at radius 2 is 1.90 bits per heavy atom. The van der Waals surface area contributed by atoms with Gasteiger partial charge in [0.05, 0.1) is 26.3 Å². The minimum absolute atomic E-state index is 0.260. The zero-order valence-electron chi connectivity index (χ0n) is 11.8. The Bertz CT molecular complexity index is 502. The van der Waals surface area contributed by atoms with Crippen LogP contribution in [-0.2, 0) is 9.31 Å². The maximum Gasteiger partial charge on any atom is 0.505 e. The maximum atomic E-state index is 14.2. The van der Waals surface area contributed by atoms with E-state index >= 15 is 0 Å². The number of quaternary nitrogens is 1. The molecule has 3 rings (SSSR count). The summed E-state index contributed by atoms with van der Waals surface area (Å²) in [6, 6.07) is 4.27. The van der Waals surface area contributed by atoms with E-state index in [-0.39, 0.29) is 5.46 Å². The molecule has 3 nitrogen and oxygen atoms in total. The lowest BCUT2D eigenvalue weighted by molar-refractivity contribution is -0.820. The minimum Gasteiger partial charge on any atom is -0.505 e. The van der Waals surface area contributed by atoms with Gasteiger partial charge in [0.1, 0.15) is 5.82 Å². The van der Waals surface area contributed by atoms with Gasteiger partial charge >= 0.3 is 6.69 Å². The SMILES string of the molecule is CCCC[N+]12CCO[B-]1(c1cccc(F)c1F)OCC2. The molecule has 1 aromatic rings. The molecule has 0 saturated carbocycles. The molecule has 0 aromatic heterocycles. The first-order valence-corrected chi connectivity index (χ1v) is 7.37. The number of hydrogen-bond donors (Lipinski definition) is 0. The topological polar surface area (TPSA) is 18.5 Å². The minimum atomic E-state index is -1.95. The van der Waals surface area contributed by atoms with Gasteiger partial charge in [-0.3, -0.25) is 0 Å². The molecule has 0 atom stereocenters. The number of unbranched alkanes of at least 4 members (excludes halogenated alkanes) is 1. The zero-order valence-corrected chi connectivity index (χ0v) is 11.8. The summed E-state index contributed by atoms with van der Waals surface area (Å²) in [4.78, 5) is 0. The largest absolute Gasteiger partial charge is 0.505 e. The molecule has 0 radical (unpaired) electrons. The lowest BCUT2D eigenvalue weighted by Crippen LogP contribution is -2.70. The maximum absolute atomic E-state index is 14.2. The van der Waals surface area contributed by atoms with Crippen molar-refractivity contribution in [3.8, 4) is 0 Å². The van der Waals surface area contributed by atoms with Crippen LogP contribution in [0.3, 0.4) is 0 Å². The van der Waals surface area contributed by atoms with Gasteiger partial charge in [-0.15, -0.1) is 0 Å². The normalized spacial score (nSPS) is 32.5. The molecule has 0 spiro atoms. The summed E-state index contributed by atoms with van der Waals surface area (Å²) < 4.78 is 40.2. The van der Waals surface area contributed by atoms with Crippen LogP contribution in [0.2, 0.25) is 0 Å². The first-order valence-electron chi connectivity index (χ1n) is 7.37. The van der Waals surface area contributed by atoms with Crippen LogP contribution >= 0.6 is 0 Å². The molecule has 2 fully saturated rings. The molecule has 6 heteroatoms. The molecule has 0 aliphatic carbocycles. The van der Waals surface area contributed by atoms with Crippen molar-refractivity contribution in [2.45, 2.75) is 19.8 Å². The van der Waals surface area contributed by atoms with Crippen molar-refractivity contribution in [1.29, 1.82) is 0 Å². The second kappa shape index (κ2) is 5.09. The molecular formula is C14H20BF2NO2. The second-order valence-corrected chi connectivity index (χ2v) is 5.80. The second-order valence-electron chi connectivity index (χ2n) is 5.80. The first-order chi connectivity index (χ1) is 9.65. The van der Waals surface area contributed by atoms with Gasteiger partial charge in [-0.1, -0.05) is 25.5 Å². The Morgan fingerprint density at radius 3 is 2.55 bits per heavy atom. The predicted molar refractivity (Wildman–Crippen MR) is 73.4 cm³/mol. The van der Waals surface area contributed by atoms with Crippen LogP contribution in [0.5, 0.6) is 0 Å². The summed E-state index contributed by atoms with van der Waals surface area (Å²) in [5.41, 5.74) is 0.260. The van der Waals surface area contributed by atoms with Crippen LogP contribution in [0.15, 0.2) is 18.2 Å². The van der Waals surface area contributed by atoms with Crippen LogP contribution in [0.1, 0.15) is 19.8 Å². The Labute approximate surface area is 118 Å². The fraction of sp³-hybridized carbons (Fsp3) is 0.571. The Kier molecular flexibility index (Phi) is 3.56. The number of fused-ring (bicyclic) bond motifs is 1. The van der Waals surface area contributed by atoms with Crippen LogP contribution in [0.25, 0.3) is 0 Å². The summed E-state index contributed by atoms with van der Waals surface area (Å²) in [5, 5.41) is 0. The third-order valence-electron chi connectivity index (χ3n) is 4.81. The summed E-state index contributed by atoms with van der Waals surface area (Å²) in [6.45, 7) is 3.79. The predicted octanol–water partition coefficient (Wildman–Crippen LogP) is 1.79. The van der Waals surface area contributed by atoms with Crippen LogP contribution in [0, 0.1) is 11.6 Å². The molecular weight excluding hydrogens is 263 g/mol. The lowest BCUT2D eigenvalue weighted by Gasteiger charge is -2.47. The first kappa shape index (κ1) is 14.0. The van der Waals surface area contributed by atoms with Gasteiger partial charge in [0, 0.05) is 6.54 Å². The lowest BCUT2D eigenvalue weighted by atomic mass is 9.60. The fourth-order valence-electron chi connectivity index (χ4n) is 3.75. The molecule has 2 aliphatic rings. The smallest absolute Gasteiger partial charge is 0.505 e. The van der Waals surface area contributed by atoms with Crippen molar-refractivity contribution in [3.63, 3.8) is 0 Å². The number of benzene rings is 1. The van der Waals surface area contributed by atoms with E-state index in [4.69, 9.17) is 9.31 Å². The summed E-state index contributed by atoms with van der Waals surface area (Å²) in [7, 11) is 0. The van der Waals surface area contributed by atoms with E-state index in [1.807, 2.05) is 0 Å². The molecule has 2 heterocycles. The van der Waals surface area contributed by atoms with Crippen molar-refractivity contribution in [2.24, 2.45) is 0 Å². The van der Waals surface area contributed by atoms with E-state index in [1.54, 1.807) is 6.07 Å². The molecule has 0 amide bonds. The quantitative estimate of drug-likeness (QED) is 0.784. The van der Waals surface area contributed by atoms with E-state index in [9.17, 15) is 8.78 Å². The average Bonchev–Trinajstić information content (AvgIpc) is 2.95. The van der Waals surface area contributed by atoms with E-state index in [1.165, 1.54) is 6.07 Å². The highest BCUT2D eigenvalue weighted by molar-refractivity contribution is 6.75. The van der Waals surface area contributed by atoms with Crippen molar-refractivity contribution in [3.05, 3.63) is 29.8 Å². The van der Waals surface area contributed by atoms with Crippen LogP contribution in [0.4, 0.5) is 8.78 Å². The molecule has 110 valence electrons. The average molecular weight is 283 g/mol. The van der Waals surface area contributed by atoms with Gasteiger partial charge < -0.3 is 13.7 Å². The van der Waals surface area contributed by atoms with Gasteiger partial charge in [0.2, 0.25) is 0 Å². The number of rotatable bonds is 4. The van der Waals surface area contributed by atoms with Crippen molar-refractivity contribution in [2.75, 3.05) is 32.8 Å². The molecule has 20 heavy (non-hydrogen) atoms. The highest BCUT2D eigenvalue weighted by Gasteiger charge is 2.60. The summed E-state index contributed by atoms with van der Waals surface area (Å²) in [5.74, 6) is -1.66. The molecule has 2 saturated heterocycles. The Hall–Kier alpha value is -0.975. The van der Waals surface area contributed by atoms with Crippen LogP contribution in [-0.4, -0.2) is 43.9 Å². The fourth-order valence-corrected chi connectivity index (χ4v) is 3.75. The van der Waals surface area contributed by atoms with Gasteiger partial charge in [0.15, 0.2) is 5.82 Å². The highest BCUT2D eigenvalue weighted by atomic mass is 19.2. The van der Waals surface area contributed by atoms with Gasteiger partial charge in [-0.05, 0) is 17.9 Å². The van der Waals surface area contributed by atoms with Crippen molar-refractivity contribution >= 4 is 12.1 Å². The van der Waals surface area contributed by atoms with E-state index < -0.39 is 18.3 Å². The Balaban J connectivity index is 2.06. The van der Waals surface area contributed by atoms with E-state index in [0.29, 0.717) is 17.6 Å². The van der Waals surface area contributed by atoms with Crippen molar-refractivity contribution in [1.82, 2.24) is 0 Å². The molecule has 0 unspecified atom stereocenters.